The number of ether oxygens (including phenoxy) is 1. The van der Waals surface area contributed by atoms with Crippen molar-refractivity contribution in [2.45, 2.75) is 40.3 Å². The first kappa shape index (κ1) is 16.1. The summed E-state index contributed by atoms with van der Waals surface area (Å²) in [7, 11) is 0. The van der Waals surface area contributed by atoms with Gasteiger partial charge in [-0.15, -0.1) is 0 Å². The Hall–Kier alpha value is -1.26. The second-order valence-electron chi connectivity index (χ2n) is 5.20. The number of hydrogen-bond acceptors (Lipinski definition) is 3. The number of rotatable bonds is 7. The van der Waals surface area contributed by atoms with Gasteiger partial charge < -0.3 is 14.5 Å². The lowest BCUT2D eigenvalue weighted by Crippen LogP contribution is -2.13. The van der Waals surface area contributed by atoms with Crippen LogP contribution in [0.25, 0.3) is 0 Å². The topological polar surface area (TPSA) is 34.4 Å². The quantitative estimate of drug-likeness (QED) is 0.731. The van der Waals surface area contributed by atoms with Crippen LogP contribution in [0.2, 0.25) is 0 Å². The maximum Gasteiger partial charge on any atom is 0.146 e. The number of hydrogen-bond donors (Lipinski definition) is 1. The molecule has 1 aromatic carbocycles. The number of furan rings is 1. The van der Waals surface area contributed by atoms with Crippen molar-refractivity contribution in [2.24, 2.45) is 0 Å². The molecule has 0 bridgehead atoms. The molecule has 0 radical (unpaired) electrons. The summed E-state index contributed by atoms with van der Waals surface area (Å²) in [4.78, 5) is 0. The molecule has 4 heteroatoms. The van der Waals surface area contributed by atoms with Crippen molar-refractivity contribution in [2.75, 3.05) is 6.54 Å². The first-order valence-electron chi connectivity index (χ1n) is 7.28. The monoisotopic (exact) mass is 351 g/mol. The van der Waals surface area contributed by atoms with Crippen LogP contribution in [0.4, 0.5) is 0 Å². The zero-order valence-electron chi connectivity index (χ0n) is 12.8. The highest BCUT2D eigenvalue weighted by Gasteiger charge is 2.06. The third kappa shape index (κ3) is 4.61. The summed E-state index contributed by atoms with van der Waals surface area (Å²) >= 11 is 3.56. The van der Waals surface area contributed by atoms with Gasteiger partial charge in [-0.2, -0.15) is 0 Å². The highest BCUT2D eigenvalue weighted by atomic mass is 79.9. The van der Waals surface area contributed by atoms with Crippen molar-refractivity contribution in [3.05, 3.63) is 51.4 Å². The summed E-state index contributed by atoms with van der Waals surface area (Å²) in [5.41, 5.74) is 2.35. The molecule has 0 aliphatic carbocycles. The van der Waals surface area contributed by atoms with E-state index in [1.807, 2.05) is 24.3 Å². The lowest BCUT2D eigenvalue weighted by molar-refractivity contribution is 0.264. The molecule has 0 aliphatic rings. The van der Waals surface area contributed by atoms with E-state index in [9.17, 15) is 0 Å². The van der Waals surface area contributed by atoms with Gasteiger partial charge in [0, 0.05) is 4.47 Å². The summed E-state index contributed by atoms with van der Waals surface area (Å²) in [5.74, 6) is 2.67. The van der Waals surface area contributed by atoms with Gasteiger partial charge in [0.05, 0.1) is 6.54 Å². The minimum absolute atomic E-state index is 0.453. The second kappa shape index (κ2) is 7.66. The summed E-state index contributed by atoms with van der Waals surface area (Å²) in [6.07, 6.45) is 1.12. The minimum Gasteiger partial charge on any atom is -0.486 e. The van der Waals surface area contributed by atoms with E-state index in [1.54, 1.807) is 0 Å². The Balaban J connectivity index is 1.91. The van der Waals surface area contributed by atoms with E-state index in [1.165, 1.54) is 11.1 Å². The molecule has 0 fully saturated rings. The van der Waals surface area contributed by atoms with Crippen LogP contribution in [0, 0.1) is 13.8 Å². The fourth-order valence-electron chi connectivity index (χ4n) is 2.13. The SMILES string of the molecule is CCCNCc1ccc(COc2cc(C)c(Br)c(C)c2)o1. The fourth-order valence-corrected chi connectivity index (χ4v) is 2.36. The molecular formula is C17H22BrNO2. The summed E-state index contributed by atoms with van der Waals surface area (Å²) in [6, 6.07) is 8.04. The standard InChI is InChI=1S/C17H22BrNO2/c1-4-7-19-10-14-5-6-15(21-14)11-20-16-8-12(2)17(18)13(3)9-16/h5-6,8-9,19H,4,7,10-11H2,1-3H3. The predicted octanol–water partition coefficient (Wildman–Crippen LogP) is 4.74. The third-order valence-corrected chi connectivity index (χ3v) is 4.49. The van der Waals surface area contributed by atoms with E-state index in [0.717, 1.165) is 41.3 Å². The highest BCUT2D eigenvalue weighted by molar-refractivity contribution is 9.10. The van der Waals surface area contributed by atoms with Crippen molar-refractivity contribution < 1.29 is 9.15 Å². The van der Waals surface area contributed by atoms with E-state index in [0.29, 0.717) is 6.61 Å². The van der Waals surface area contributed by atoms with Crippen LogP contribution in [0.15, 0.2) is 33.2 Å². The van der Waals surface area contributed by atoms with E-state index in [4.69, 9.17) is 9.15 Å². The fraction of sp³-hybridized carbons (Fsp3) is 0.412. The second-order valence-corrected chi connectivity index (χ2v) is 6.00. The first-order chi connectivity index (χ1) is 10.1. The van der Waals surface area contributed by atoms with Crippen LogP contribution in [-0.2, 0) is 13.2 Å². The third-order valence-electron chi connectivity index (χ3n) is 3.23. The smallest absolute Gasteiger partial charge is 0.146 e. The molecule has 1 heterocycles. The van der Waals surface area contributed by atoms with Crippen molar-refractivity contribution in [1.82, 2.24) is 5.32 Å². The van der Waals surface area contributed by atoms with Crippen LogP contribution >= 0.6 is 15.9 Å². The number of benzene rings is 1. The van der Waals surface area contributed by atoms with Gasteiger partial charge in [-0.1, -0.05) is 22.9 Å². The maximum absolute atomic E-state index is 5.81. The Morgan fingerprint density at radius 3 is 2.48 bits per heavy atom. The molecule has 0 saturated heterocycles. The van der Waals surface area contributed by atoms with E-state index < -0.39 is 0 Å². The Kier molecular flexibility index (Phi) is 5.88. The van der Waals surface area contributed by atoms with Gasteiger partial charge >= 0.3 is 0 Å². The van der Waals surface area contributed by atoms with Gasteiger partial charge in [0.2, 0.25) is 0 Å². The molecule has 114 valence electrons. The molecule has 0 saturated carbocycles. The first-order valence-corrected chi connectivity index (χ1v) is 8.07. The lowest BCUT2D eigenvalue weighted by Gasteiger charge is -2.09. The zero-order valence-corrected chi connectivity index (χ0v) is 14.4. The average molecular weight is 352 g/mol. The summed E-state index contributed by atoms with van der Waals surface area (Å²) < 4.78 is 12.7. The predicted molar refractivity (Wildman–Crippen MR) is 88.7 cm³/mol. The van der Waals surface area contributed by atoms with Crippen molar-refractivity contribution in [3.8, 4) is 5.75 Å². The van der Waals surface area contributed by atoms with Crippen molar-refractivity contribution in [1.29, 1.82) is 0 Å². The van der Waals surface area contributed by atoms with E-state index in [2.05, 4.69) is 42.0 Å². The normalized spacial score (nSPS) is 10.9. The molecule has 1 aromatic heterocycles. The molecule has 21 heavy (non-hydrogen) atoms. The Bertz CT molecular complexity index is 569. The molecule has 3 nitrogen and oxygen atoms in total. The van der Waals surface area contributed by atoms with Crippen LogP contribution in [0.3, 0.4) is 0 Å². The number of nitrogens with one attached hydrogen (secondary N) is 1. The van der Waals surface area contributed by atoms with Crippen molar-refractivity contribution >= 4 is 15.9 Å². The molecule has 2 rings (SSSR count). The van der Waals surface area contributed by atoms with Gasteiger partial charge in [-0.25, -0.2) is 0 Å². The number of aryl methyl sites for hydroxylation is 2. The highest BCUT2D eigenvalue weighted by Crippen LogP contribution is 2.26. The van der Waals surface area contributed by atoms with Crippen LogP contribution < -0.4 is 10.1 Å². The van der Waals surface area contributed by atoms with Crippen LogP contribution in [0.5, 0.6) is 5.75 Å². The average Bonchev–Trinajstić information content (AvgIpc) is 2.90. The van der Waals surface area contributed by atoms with E-state index >= 15 is 0 Å². The van der Waals surface area contributed by atoms with Crippen LogP contribution in [-0.4, -0.2) is 6.54 Å². The Labute approximate surface area is 134 Å². The lowest BCUT2D eigenvalue weighted by atomic mass is 10.1. The van der Waals surface area contributed by atoms with Gasteiger partial charge in [-0.05, 0) is 62.2 Å². The Morgan fingerprint density at radius 2 is 1.81 bits per heavy atom. The van der Waals surface area contributed by atoms with Crippen molar-refractivity contribution in [3.63, 3.8) is 0 Å². The van der Waals surface area contributed by atoms with Gasteiger partial charge in [0.25, 0.3) is 0 Å². The van der Waals surface area contributed by atoms with Gasteiger partial charge in [0.1, 0.15) is 23.9 Å². The molecule has 0 unspecified atom stereocenters. The molecule has 2 aromatic rings. The van der Waals surface area contributed by atoms with Crippen LogP contribution in [0.1, 0.15) is 36.0 Å². The van der Waals surface area contributed by atoms with Gasteiger partial charge in [0.15, 0.2) is 0 Å². The maximum atomic E-state index is 5.81. The molecule has 0 aliphatic heterocycles. The molecular weight excluding hydrogens is 330 g/mol. The summed E-state index contributed by atoms with van der Waals surface area (Å²) in [5, 5.41) is 3.32. The molecule has 0 spiro atoms. The Morgan fingerprint density at radius 1 is 1.14 bits per heavy atom. The van der Waals surface area contributed by atoms with Gasteiger partial charge in [-0.3, -0.25) is 0 Å². The largest absolute Gasteiger partial charge is 0.486 e. The number of halogens is 1. The van der Waals surface area contributed by atoms with E-state index in [-0.39, 0.29) is 0 Å². The zero-order chi connectivity index (χ0) is 15.2. The molecule has 0 amide bonds. The summed E-state index contributed by atoms with van der Waals surface area (Å²) in [6.45, 7) is 8.50. The molecule has 0 atom stereocenters. The minimum atomic E-state index is 0.453. The molecule has 1 N–H and O–H groups in total.